The Hall–Kier alpha value is -2.61. The van der Waals surface area contributed by atoms with E-state index in [1.54, 1.807) is 11.1 Å². The SMILES string of the molecule is O=C(Nc1ccc(F)c(F)c1F)N1CCCN(Cc2ccccn2)CC1. The molecular formula is C18H19F3N4O. The van der Waals surface area contributed by atoms with Crippen molar-refractivity contribution in [1.29, 1.82) is 0 Å². The summed E-state index contributed by atoms with van der Waals surface area (Å²) in [6.07, 6.45) is 2.49. The van der Waals surface area contributed by atoms with Crippen molar-refractivity contribution in [3.8, 4) is 0 Å². The molecule has 26 heavy (non-hydrogen) atoms. The topological polar surface area (TPSA) is 48.5 Å². The molecule has 1 aromatic carbocycles. The third-order valence-corrected chi connectivity index (χ3v) is 4.26. The zero-order valence-corrected chi connectivity index (χ0v) is 14.1. The van der Waals surface area contributed by atoms with E-state index in [2.05, 4.69) is 15.2 Å². The summed E-state index contributed by atoms with van der Waals surface area (Å²) in [5, 5.41) is 2.31. The summed E-state index contributed by atoms with van der Waals surface area (Å²) in [7, 11) is 0. The second-order valence-corrected chi connectivity index (χ2v) is 6.09. The molecule has 0 atom stereocenters. The van der Waals surface area contributed by atoms with Crippen LogP contribution in [0.3, 0.4) is 0 Å². The first-order chi connectivity index (χ1) is 12.5. The van der Waals surface area contributed by atoms with Crippen molar-refractivity contribution in [2.75, 3.05) is 31.5 Å². The van der Waals surface area contributed by atoms with Crippen molar-refractivity contribution >= 4 is 11.7 Å². The molecule has 2 aromatic rings. The molecule has 0 aliphatic carbocycles. The van der Waals surface area contributed by atoms with Gasteiger partial charge in [-0.25, -0.2) is 18.0 Å². The van der Waals surface area contributed by atoms with Gasteiger partial charge in [0.05, 0.1) is 11.4 Å². The van der Waals surface area contributed by atoms with Crippen LogP contribution in [0, 0.1) is 17.5 Å². The second kappa shape index (κ2) is 8.18. The van der Waals surface area contributed by atoms with Gasteiger partial charge in [0.15, 0.2) is 17.5 Å². The number of carbonyl (C=O) groups excluding carboxylic acids is 1. The molecule has 2 heterocycles. The number of pyridine rings is 1. The van der Waals surface area contributed by atoms with Gasteiger partial charge < -0.3 is 10.2 Å². The van der Waals surface area contributed by atoms with Crippen LogP contribution in [0.5, 0.6) is 0 Å². The molecule has 1 aliphatic heterocycles. The van der Waals surface area contributed by atoms with Crippen LogP contribution in [0.25, 0.3) is 0 Å². The molecule has 1 fully saturated rings. The maximum atomic E-state index is 13.7. The number of nitrogens with zero attached hydrogens (tertiary/aromatic N) is 3. The molecule has 8 heteroatoms. The van der Waals surface area contributed by atoms with Crippen molar-refractivity contribution in [1.82, 2.24) is 14.8 Å². The van der Waals surface area contributed by atoms with E-state index < -0.39 is 23.5 Å². The molecule has 0 saturated carbocycles. The van der Waals surface area contributed by atoms with Gasteiger partial charge in [-0.1, -0.05) is 6.07 Å². The summed E-state index contributed by atoms with van der Waals surface area (Å²) >= 11 is 0. The smallest absolute Gasteiger partial charge is 0.321 e. The van der Waals surface area contributed by atoms with Crippen molar-refractivity contribution < 1.29 is 18.0 Å². The van der Waals surface area contributed by atoms with Crippen molar-refractivity contribution in [2.24, 2.45) is 0 Å². The number of anilines is 1. The average Bonchev–Trinajstić information content (AvgIpc) is 2.89. The summed E-state index contributed by atoms with van der Waals surface area (Å²) < 4.78 is 40.0. The minimum atomic E-state index is -1.60. The lowest BCUT2D eigenvalue weighted by atomic mass is 10.3. The maximum absolute atomic E-state index is 13.7. The molecule has 138 valence electrons. The third kappa shape index (κ3) is 4.32. The van der Waals surface area contributed by atoms with Gasteiger partial charge >= 0.3 is 6.03 Å². The summed E-state index contributed by atoms with van der Waals surface area (Å²) in [6.45, 7) is 3.08. The van der Waals surface area contributed by atoms with Crippen LogP contribution in [0.1, 0.15) is 12.1 Å². The Labute approximate surface area is 149 Å². The average molecular weight is 364 g/mol. The Kier molecular flexibility index (Phi) is 5.72. The standard InChI is InChI=1S/C18H19F3N4O/c19-14-5-6-15(17(21)16(14)20)23-18(26)25-9-3-8-24(10-11-25)12-13-4-1-2-7-22-13/h1-2,4-7H,3,8-12H2,(H,23,26). The highest BCUT2D eigenvalue weighted by molar-refractivity contribution is 5.89. The highest BCUT2D eigenvalue weighted by atomic mass is 19.2. The van der Waals surface area contributed by atoms with Gasteiger partial charge in [0.25, 0.3) is 0 Å². The van der Waals surface area contributed by atoms with E-state index in [-0.39, 0.29) is 5.69 Å². The lowest BCUT2D eigenvalue weighted by Crippen LogP contribution is -2.38. The van der Waals surface area contributed by atoms with E-state index in [0.29, 0.717) is 26.2 Å². The van der Waals surface area contributed by atoms with Gasteiger partial charge in [0.2, 0.25) is 0 Å². The summed E-state index contributed by atoms with van der Waals surface area (Å²) in [5.74, 6) is -4.29. The lowest BCUT2D eigenvalue weighted by molar-refractivity contribution is 0.210. The van der Waals surface area contributed by atoms with Crippen LogP contribution in [-0.4, -0.2) is 47.0 Å². The monoisotopic (exact) mass is 364 g/mol. The molecule has 5 nitrogen and oxygen atoms in total. The largest absolute Gasteiger partial charge is 0.323 e. The Morgan fingerprint density at radius 1 is 1.04 bits per heavy atom. The van der Waals surface area contributed by atoms with Gasteiger partial charge in [-0.2, -0.15) is 0 Å². The quantitative estimate of drug-likeness (QED) is 0.851. The first-order valence-electron chi connectivity index (χ1n) is 8.36. The Bertz CT molecular complexity index is 773. The Morgan fingerprint density at radius 3 is 2.65 bits per heavy atom. The van der Waals surface area contributed by atoms with Gasteiger partial charge in [0, 0.05) is 38.9 Å². The third-order valence-electron chi connectivity index (χ3n) is 4.26. The van der Waals surface area contributed by atoms with E-state index in [1.807, 2.05) is 18.2 Å². The zero-order valence-electron chi connectivity index (χ0n) is 14.1. The second-order valence-electron chi connectivity index (χ2n) is 6.09. The molecule has 1 N–H and O–H groups in total. The molecule has 1 saturated heterocycles. The first-order valence-corrected chi connectivity index (χ1v) is 8.36. The molecule has 0 unspecified atom stereocenters. The number of aromatic nitrogens is 1. The number of rotatable bonds is 3. The fraction of sp³-hybridized carbons (Fsp3) is 0.333. The normalized spacial score (nSPS) is 15.6. The summed E-state index contributed by atoms with van der Waals surface area (Å²) in [6, 6.07) is 6.99. The van der Waals surface area contributed by atoms with E-state index in [4.69, 9.17) is 0 Å². The van der Waals surface area contributed by atoms with Gasteiger partial charge in [-0.3, -0.25) is 9.88 Å². The van der Waals surface area contributed by atoms with Crippen molar-refractivity contribution in [2.45, 2.75) is 13.0 Å². The van der Waals surface area contributed by atoms with Crippen molar-refractivity contribution in [3.63, 3.8) is 0 Å². The molecule has 1 aromatic heterocycles. The number of amides is 2. The van der Waals surface area contributed by atoms with E-state index in [1.165, 1.54) is 0 Å². The number of urea groups is 1. The Balaban J connectivity index is 1.58. The number of nitrogens with one attached hydrogen (secondary N) is 1. The van der Waals surface area contributed by atoms with Crippen LogP contribution in [0.15, 0.2) is 36.5 Å². The fourth-order valence-electron chi connectivity index (χ4n) is 2.87. The minimum Gasteiger partial charge on any atom is -0.323 e. The minimum absolute atomic E-state index is 0.372. The molecule has 1 aliphatic rings. The van der Waals surface area contributed by atoms with Crippen LogP contribution in [0.2, 0.25) is 0 Å². The van der Waals surface area contributed by atoms with Crippen LogP contribution in [-0.2, 0) is 6.54 Å². The molecule has 0 radical (unpaired) electrons. The zero-order chi connectivity index (χ0) is 18.5. The predicted molar refractivity (Wildman–Crippen MR) is 91.0 cm³/mol. The van der Waals surface area contributed by atoms with E-state index in [9.17, 15) is 18.0 Å². The lowest BCUT2D eigenvalue weighted by Gasteiger charge is -2.22. The maximum Gasteiger partial charge on any atom is 0.321 e. The molecule has 0 bridgehead atoms. The first kappa shape index (κ1) is 18.2. The predicted octanol–water partition coefficient (Wildman–Crippen LogP) is 3.24. The molecular weight excluding hydrogens is 345 g/mol. The fourth-order valence-corrected chi connectivity index (χ4v) is 2.87. The van der Waals surface area contributed by atoms with E-state index >= 15 is 0 Å². The highest BCUT2D eigenvalue weighted by Gasteiger charge is 2.21. The number of halogens is 3. The number of carbonyl (C=O) groups is 1. The number of benzene rings is 1. The Morgan fingerprint density at radius 2 is 1.88 bits per heavy atom. The molecule has 0 spiro atoms. The molecule has 2 amide bonds. The summed E-state index contributed by atoms with van der Waals surface area (Å²) in [5.41, 5.74) is 0.581. The number of hydrogen-bond donors (Lipinski definition) is 1. The highest BCUT2D eigenvalue weighted by Crippen LogP contribution is 2.20. The number of hydrogen-bond acceptors (Lipinski definition) is 3. The van der Waals surface area contributed by atoms with Gasteiger partial charge in [0.1, 0.15) is 0 Å². The van der Waals surface area contributed by atoms with Crippen LogP contribution in [0.4, 0.5) is 23.7 Å². The molecule has 3 rings (SSSR count). The van der Waals surface area contributed by atoms with Crippen molar-refractivity contribution in [3.05, 3.63) is 59.7 Å². The van der Waals surface area contributed by atoms with Gasteiger partial charge in [-0.15, -0.1) is 0 Å². The summed E-state index contributed by atoms with van der Waals surface area (Å²) in [4.78, 5) is 20.4. The van der Waals surface area contributed by atoms with Crippen LogP contribution < -0.4 is 5.32 Å². The van der Waals surface area contributed by atoms with E-state index in [0.717, 1.165) is 30.8 Å². The van der Waals surface area contributed by atoms with Gasteiger partial charge in [-0.05, 0) is 30.7 Å². The van der Waals surface area contributed by atoms with Crippen LogP contribution >= 0.6 is 0 Å².